The second kappa shape index (κ2) is 6.68. The minimum Gasteiger partial charge on any atom is -0.541 e. The van der Waals surface area contributed by atoms with Crippen LogP contribution in [-0.4, -0.2) is 16.0 Å². The molecule has 98 valence electrons. The molecule has 0 aromatic heterocycles. The van der Waals surface area contributed by atoms with Crippen LogP contribution in [0.25, 0.3) is 0 Å². The third-order valence-corrected chi connectivity index (χ3v) is 4.25. The van der Waals surface area contributed by atoms with E-state index < -0.39 is 5.82 Å². The van der Waals surface area contributed by atoms with Crippen LogP contribution in [0.2, 0.25) is 6.04 Å². The van der Waals surface area contributed by atoms with Gasteiger partial charge >= 0.3 is 9.76 Å². The first kappa shape index (κ1) is 14.9. The van der Waals surface area contributed by atoms with E-state index >= 15 is 0 Å². The van der Waals surface area contributed by atoms with Crippen molar-refractivity contribution in [3.63, 3.8) is 0 Å². The number of carbonyl (C=O) groups excluding carboxylic acids is 1. The van der Waals surface area contributed by atoms with E-state index in [0.29, 0.717) is 21.8 Å². The summed E-state index contributed by atoms with van der Waals surface area (Å²) in [5.41, 5.74) is 0.325. The summed E-state index contributed by atoms with van der Waals surface area (Å²) in [5.74, 6) is -0.0381. The monoisotopic (exact) mass is 266 g/mol. The Morgan fingerprint density at radius 1 is 1.44 bits per heavy atom. The van der Waals surface area contributed by atoms with Crippen LogP contribution in [0.4, 0.5) is 4.39 Å². The second-order valence-electron chi connectivity index (χ2n) is 5.14. The summed E-state index contributed by atoms with van der Waals surface area (Å²) in [4.78, 5) is 10.5. The Hall–Kier alpha value is -1.16. The van der Waals surface area contributed by atoms with Gasteiger partial charge in [0.15, 0.2) is 6.29 Å². The van der Waals surface area contributed by atoms with E-state index in [2.05, 4.69) is 20.8 Å². The molecule has 0 spiro atoms. The van der Waals surface area contributed by atoms with Crippen LogP contribution in [0.15, 0.2) is 18.2 Å². The summed E-state index contributed by atoms with van der Waals surface area (Å²) in [7, 11) is 0.310. The topological polar surface area (TPSA) is 26.3 Å². The first-order valence-corrected chi connectivity index (χ1v) is 7.24. The van der Waals surface area contributed by atoms with E-state index in [1.54, 1.807) is 6.07 Å². The van der Waals surface area contributed by atoms with Crippen LogP contribution in [0.1, 0.15) is 44.0 Å². The van der Waals surface area contributed by atoms with E-state index in [1.807, 2.05) is 0 Å². The molecule has 0 fully saturated rings. The fourth-order valence-corrected chi connectivity index (χ4v) is 2.68. The van der Waals surface area contributed by atoms with Crippen LogP contribution < -0.4 is 4.43 Å². The molecule has 4 heteroatoms. The van der Waals surface area contributed by atoms with Gasteiger partial charge in [-0.1, -0.05) is 27.2 Å². The summed E-state index contributed by atoms with van der Waals surface area (Å²) in [6.07, 6.45) is 2.81. The van der Waals surface area contributed by atoms with Gasteiger partial charge in [0.25, 0.3) is 0 Å². The van der Waals surface area contributed by atoms with E-state index in [-0.39, 0.29) is 11.0 Å². The lowest BCUT2D eigenvalue weighted by atomic mass is 9.91. The molecule has 0 atom stereocenters. The normalized spacial score (nSPS) is 11.3. The van der Waals surface area contributed by atoms with Crippen LogP contribution in [0, 0.1) is 11.2 Å². The molecule has 0 unspecified atom stereocenters. The van der Waals surface area contributed by atoms with Gasteiger partial charge in [-0.25, -0.2) is 4.39 Å². The third kappa shape index (κ3) is 4.60. The van der Waals surface area contributed by atoms with Gasteiger partial charge in [-0.05, 0) is 30.0 Å². The van der Waals surface area contributed by atoms with Gasteiger partial charge in [-0.2, -0.15) is 0 Å². The average Bonchev–Trinajstić information content (AvgIpc) is 2.29. The van der Waals surface area contributed by atoms with Crippen molar-refractivity contribution < 1.29 is 13.6 Å². The van der Waals surface area contributed by atoms with Crippen molar-refractivity contribution in [2.75, 3.05) is 0 Å². The van der Waals surface area contributed by atoms with Crippen molar-refractivity contribution in [1.29, 1.82) is 0 Å². The van der Waals surface area contributed by atoms with Crippen LogP contribution in [0.5, 0.6) is 5.75 Å². The highest BCUT2D eigenvalue weighted by atomic mass is 28.2. The van der Waals surface area contributed by atoms with E-state index in [4.69, 9.17) is 4.43 Å². The first-order chi connectivity index (χ1) is 8.48. The van der Waals surface area contributed by atoms with Crippen LogP contribution in [-0.2, 0) is 0 Å². The number of halogens is 1. The quantitative estimate of drug-likeness (QED) is 0.553. The first-order valence-electron chi connectivity index (χ1n) is 6.13. The Morgan fingerprint density at radius 2 is 2.17 bits per heavy atom. The Morgan fingerprint density at radius 3 is 2.72 bits per heavy atom. The number of benzene rings is 1. The van der Waals surface area contributed by atoms with E-state index in [9.17, 15) is 9.18 Å². The predicted octanol–water partition coefficient (Wildman–Crippen LogP) is 3.88. The van der Waals surface area contributed by atoms with Gasteiger partial charge < -0.3 is 4.43 Å². The highest BCUT2D eigenvalue weighted by Gasteiger charge is 2.18. The molecule has 1 aromatic rings. The number of rotatable bonds is 7. The Balaban J connectivity index is 2.49. The Kier molecular flexibility index (Phi) is 5.53. The number of hydrogen-bond donors (Lipinski definition) is 0. The minimum absolute atomic E-state index is 0.0667. The molecule has 0 aliphatic heterocycles. The molecular formula is C14H19FO2Si. The summed E-state index contributed by atoms with van der Waals surface area (Å²) in [6, 6.07) is 5.30. The fourth-order valence-electron chi connectivity index (χ4n) is 1.75. The van der Waals surface area contributed by atoms with Gasteiger partial charge in [0, 0.05) is 6.07 Å². The second-order valence-corrected chi connectivity index (χ2v) is 5.98. The van der Waals surface area contributed by atoms with Crippen molar-refractivity contribution >= 4 is 16.0 Å². The maximum Gasteiger partial charge on any atom is 0.311 e. The lowest BCUT2D eigenvalue weighted by molar-refractivity contribution is 0.112. The highest BCUT2D eigenvalue weighted by molar-refractivity contribution is 6.28. The highest BCUT2D eigenvalue weighted by Crippen LogP contribution is 2.27. The molecule has 0 amide bonds. The number of hydrogen-bond acceptors (Lipinski definition) is 2. The van der Waals surface area contributed by atoms with E-state index in [1.165, 1.54) is 12.1 Å². The lowest BCUT2D eigenvalue weighted by Crippen LogP contribution is -2.16. The van der Waals surface area contributed by atoms with E-state index in [0.717, 1.165) is 18.9 Å². The van der Waals surface area contributed by atoms with Crippen molar-refractivity contribution in [3.05, 3.63) is 29.6 Å². The molecule has 0 bridgehead atoms. The van der Waals surface area contributed by atoms with Gasteiger partial charge in [0.1, 0.15) is 11.6 Å². The average molecular weight is 266 g/mol. The predicted molar refractivity (Wildman–Crippen MR) is 71.7 cm³/mol. The van der Waals surface area contributed by atoms with Crippen LogP contribution >= 0.6 is 0 Å². The molecule has 0 aliphatic carbocycles. The molecular weight excluding hydrogens is 247 g/mol. The molecule has 0 saturated heterocycles. The molecule has 1 rings (SSSR count). The molecule has 0 heterocycles. The smallest absolute Gasteiger partial charge is 0.311 e. The minimum atomic E-state index is -0.528. The van der Waals surface area contributed by atoms with Crippen molar-refractivity contribution in [1.82, 2.24) is 0 Å². The number of carbonyl (C=O) groups is 1. The zero-order valence-electron chi connectivity index (χ0n) is 11.1. The molecule has 0 saturated carbocycles. The van der Waals surface area contributed by atoms with Gasteiger partial charge in [-0.15, -0.1) is 0 Å². The molecule has 0 N–H and O–H groups in total. The lowest BCUT2D eigenvalue weighted by Gasteiger charge is -2.22. The summed E-state index contributed by atoms with van der Waals surface area (Å²) in [5, 5.41) is 0. The summed E-state index contributed by atoms with van der Waals surface area (Å²) < 4.78 is 18.9. The zero-order valence-corrected chi connectivity index (χ0v) is 12.1. The maximum absolute atomic E-state index is 13.3. The molecule has 2 radical (unpaired) electrons. The van der Waals surface area contributed by atoms with Crippen molar-refractivity contribution in [2.24, 2.45) is 5.41 Å². The summed E-state index contributed by atoms with van der Waals surface area (Å²) >= 11 is 0. The maximum atomic E-state index is 13.3. The molecule has 18 heavy (non-hydrogen) atoms. The molecule has 1 aromatic carbocycles. The fraction of sp³-hybridized carbons (Fsp3) is 0.500. The molecule has 2 nitrogen and oxygen atoms in total. The standard InChI is InChI=1S/C14H19FO2Si/c1-4-7-14(2,3)10-18-17-12-6-5-11(9-16)13(15)8-12/h5-6,8-9H,4,7,10H2,1-3H3. The van der Waals surface area contributed by atoms with Gasteiger partial charge in [0.05, 0.1) is 5.56 Å². The molecule has 0 aliphatic rings. The van der Waals surface area contributed by atoms with Gasteiger partial charge in [0.2, 0.25) is 0 Å². The Bertz CT molecular complexity index is 405. The van der Waals surface area contributed by atoms with Crippen molar-refractivity contribution in [3.8, 4) is 5.75 Å². The summed E-state index contributed by atoms with van der Waals surface area (Å²) in [6.45, 7) is 6.59. The number of aldehydes is 1. The zero-order chi connectivity index (χ0) is 13.6. The SMILES string of the molecule is CCCC(C)(C)C[Si]Oc1ccc(C=O)c(F)c1. The largest absolute Gasteiger partial charge is 0.541 e. The van der Waals surface area contributed by atoms with Gasteiger partial charge in [-0.3, -0.25) is 4.79 Å². The van der Waals surface area contributed by atoms with Crippen LogP contribution in [0.3, 0.4) is 0 Å². The third-order valence-electron chi connectivity index (χ3n) is 2.77. The Labute approximate surface area is 110 Å². The van der Waals surface area contributed by atoms with Crippen molar-refractivity contribution in [2.45, 2.75) is 39.7 Å².